The van der Waals surface area contributed by atoms with E-state index in [2.05, 4.69) is 4.98 Å². The normalized spacial score (nSPS) is 11.1. The molecule has 2 aromatic carbocycles. The van der Waals surface area contributed by atoms with E-state index in [1.165, 1.54) is 34.4 Å². The van der Waals surface area contributed by atoms with Crippen molar-refractivity contribution in [1.82, 2.24) is 4.98 Å². The summed E-state index contributed by atoms with van der Waals surface area (Å²) in [5, 5.41) is 11.3. The standard InChI is InChI=1S/C22H17N3O5S/c1-29-18-5-2-6-19-21(18)23-22(31-19)24(14-17-4-3-13-30-17)20(26)12-9-15-7-10-16(11-8-15)25(27)28/h2-13H,14H2,1H3/b12-9-. The largest absolute Gasteiger partial charge is 0.494 e. The second-order valence-corrected chi connectivity index (χ2v) is 7.50. The van der Waals surface area contributed by atoms with Crippen molar-refractivity contribution in [3.63, 3.8) is 0 Å². The number of hydrogen-bond donors (Lipinski definition) is 0. The maximum atomic E-state index is 13.1. The first-order valence-corrected chi connectivity index (χ1v) is 10.1. The number of fused-ring (bicyclic) bond motifs is 1. The van der Waals surface area contributed by atoms with Crippen molar-refractivity contribution in [2.24, 2.45) is 0 Å². The molecule has 0 N–H and O–H groups in total. The van der Waals surface area contributed by atoms with E-state index in [-0.39, 0.29) is 18.1 Å². The van der Waals surface area contributed by atoms with Crippen LogP contribution in [0.5, 0.6) is 5.75 Å². The summed E-state index contributed by atoms with van der Waals surface area (Å²) in [7, 11) is 1.58. The molecular weight excluding hydrogens is 418 g/mol. The van der Waals surface area contributed by atoms with Crippen molar-refractivity contribution >= 4 is 44.4 Å². The monoisotopic (exact) mass is 435 g/mol. The molecule has 0 saturated carbocycles. The van der Waals surface area contributed by atoms with Crippen LogP contribution in [-0.2, 0) is 11.3 Å². The van der Waals surface area contributed by atoms with Crippen LogP contribution < -0.4 is 9.64 Å². The fourth-order valence-corrected chi connectivity index (χ4v) is 3.94. The van der Waals surface area contributed by atoms with E-state index in [0.29, 0.717) is 27.7 Å². The van der Waals surface area contributed by atoms with Crippen LogP contribution in [0.15, 0.2) is 71.4 Å². The first kappa shape index (κ1) is 20.3. The van der Waals surface area contributed by atoms with Crippen LogP contribution in [0.3, 0.4) is 0 Å². The average Bonchev–Trinajstić information content (AvgIpc) is 3.45. The Balaban J connectivity index is 1.64. The number of benzene rings is 2. The molecule has 9 heteroatoms. The van der Waals surface area contributed by atoms with Crippen LogP contribution in [0.25, 0.3) is 16.3 Å². The van der Waals surface area contributed by atoms with Crippen molar-refractivity contribution in [2.45, 2.75) is 6.54 Å². The third-order valence-electron chi connectivity index (χ3n) is 4.50. The minimum absolute atomic E-state index is 0.00801. The second-order valence-electron chi connectivity index (χ2n) is 6.49. The molecule has 8 nitrogen and oxygen atoms in total. The zero-order chi connectivity index (χ0) is 21.8. The van der Waals surface area contributed by atoms with Crippen LogP contribution in [0, 0.1) is 10.1 Å². The molecule has 2 aromatic heterocycles. The Morgan fingerprint density at radius 2 is 2.03 bits per heavy atom. The quantitative estimate of drug-likeness (QED) is 0.229. The van der Waals surface area contributed by atoms with Gasteiger partial charge in [-0.15, -0.1) is 0 Å². The number of furan rings is 1. The number of hydrogen-bond acceptors (Lipinski definition) is 7. The first-order valence-electron chi connectivity index (χ1n) is 9.25. The lowest BCUT2D eigenvalue weighted by molar-refractivity contribution is -0.384. The Bertz CT molecular complexity index is 1250. The van der Waals surface area contributed by atoms with Gasteiger partial charge in [0.05, 0.1) is 29.5 Å². The molecule has 0 aliphatic rings. The number of carbonyl (C=O) groups excluding carboxylic acids is 1. The van der Waals surface area contributed by atoms with Crippen molar-refractivity contribution in [1.29, 1.82) is 0 Å². The highest BCUT2D eigenvalue weighted by molar-refractivity contribution is 7.22. The lowest BCUT2D eigenvalue weighted by atomic mass is 10.2. The summed E-state index contributed by atoms with van der Waals surface area (Å²) >= 11 is 1.38. The Morgan fingerprint density at radius 3 is 2.71 bits per heavy atom. The Hall–Kier alpha value is -3.98. The van der Waals surface area contributed by atoms with Crippen LogP contribution in [0.1, 0.15) is 11.3 Å². The van der Waals surface area contributed by atoms with Gasteiger partial charge in [0.25, 0.3) is 11.6 Å². The number of nitro benzene ring substituents is 1. The van der Waals surface area contributed by atoms with Gasteiger partial charge >= 0.3 is 0 Å². The number of amides is 1. The molecule has 156 valence electrons. The van der Waals surface area contributed by atoms with Gasteiger partial charge in [-0.1, -0.05) is 17.4 Å². The smallest absolute Gasteiger partial charge is 0.269 e. The average molecular weight is 435 g/mol. The van der Waals surface area contributed by atoms with Gasteiger partial charge in [0.15, 0.2) is 5.13 Å². The van der Waals surface area contributed by atoms with E-state index >= 15 is 0 Å². The van der Waals surface area contributed by atoms with E-state index in [1.54, 1.807) is 43.7 Å². The lowest BCUT2D eigenvalue weighted by Crippen LogP contribution is -2.28. The SMILES string of the molecule is COc1cccc2sc(N(Cc3ccco3)C(=O)/C=C\c3ccc([N+](=O)[O-])cc3)nc12. The molecule has 0 aliphatic heterocycles. The third kappa shape index (κ3) is 4.46. The van der Waals surface area contributed by atoms with Crippen molar-refractivity contribution in [3.8, 4) is 5.75 Å². The minimum Gasteiger partial charge on any atom is -0.494 e. The molecule has 0 unspecified atom stereocenters. The number of para-hydroxylation sites is 1. The van der Waals surface area contributed by atoms with Gasteiger partial charge < -0.3 is 9.15 Å². The highest BCUT2D eigenvalue weighted by atomic mass is 32.1. The first-order chi connectivity index (χ1) is 15.0. The molecule has 0 atom stereocenters. The van der Waals surface area contributed by atoms with E-state index in [9.17, 15) is 14.9 Å². The fourth-order valence-electron chi connectivity index (χ4n) is 2.95. The van der Waals surface area contributed by atoms with Crippen LogP contribution in [0.2, 0.25) is 0 Å². The Kier molecular flexibility index (Phi) is 5.76. The van der Waals surface area contributed by atoms with E-state index in [0.717, 1.165) is 4.70 Å². The number of rotatable bonds is 7. The van der Waals surface area contributed by atoms with Gasteiger partial charge in [-0.05, 0) is 48.0 Å². The maximum Gasteiger partial charge on any atom is 0.269 e. The van der Waals surface area contributed by atoms with Crippen LogP contribution >= 0.6 is 11.3 Å². The zero-order valence-corrected chi connectivity index (χ0v) is 17.2. The number of thiazole rings is 1. The predicted molar refractivity (Wildman–Crippen MR) is 118 cm³/mol. The van der Waals surface area contributed by atoms with Gasteiger partial charge in [0.2, 0.25) is 0 Å². The third-order valence-corrected chi connectivity index (χ3v) is 5.55. The molecule has 4 aromatic rings. The predicted octanol–water partition coefficient (Wildman–Crippen LogP) is 5.05. The summed E-state index contributed by atoms with van der Waals surface area (Å²) in [6, 6.07) is 15.1. The van der Waals surface area contributed by atoms with E-state index < -0.39 is 4.92 Å². The van der Waals surface area contributed by atoms with Crippen molar-refractivity contribution < 1.29 is 18.9 Å². The summed E-state index contributed by atoms with van der Waals surface area (Å²) in [5.74, 6) is 0.947. The molecule has 0 saturated heterocycles. The van der Waals surface area contributed by atoms with Gasteiger partial charge in [0.1, 0.15) is 17.0 Å². The second kappa shape index (κ2) is 8.80. The molecular formula is C22H17N3O5S. The molecule has 2 heterocycles. The van der Waals surface area contributed by atoms with Crippen molar-refractivity contribution in [3.05, 3.63) is 88.4 Å². The van der Waals surface area contributed by atoms with Crippen LogP contribution in [0.4, 0.5) is 10.8 Å². The van der Waals surface area contributed by atoms with Gasteiger partial charge in [0, 0.05) is 18.2 Å². The van der Waals surface area contributed by atoms with Gasteiger partial charge in [-0.25, -0.2) is 4.98 Å². The summed E-state index contributed by atoms with van der Waals surface area (Å²) in [6.07, 6.45) is 4.56. The molecule has 31 heavy (non-hydrogen) atoms. The summed E-state index contributed by atoms with van der Waals surface area (Å²) in [4.78, 5) is 29.5. The molecule has 4 rings (SSSR count). The number of aromatic nitrogens is 1. The highest BCUT2D eigenvalue weighted by Gasteiger charge is 2.20. The summed E-state index contributed by atoms with van der Waals surface area (Å²) in [5.41, 5.74) is 1.34. The Labute approximate surface area is 181 Å². The van der Waals surface area contributed by atoms with E-state index in [1.807, 2.05) is 18.2 Å². The topological polar surface area (TPSA) is 98.7 Å². The molecule has 1 amide bonds. The van der Waals surface area contributed by atoms with Gasteiger partial charge in [-0.2, -0.15) is 0 Å². The number of methoxy groups -OCH3 is 1. The number of ether oxygens (including phenoxy) is 1. The zero-order valence-electron chi connectivity index (χ0n) is 16.4. The van der Waals surface area contributed by atoms with Gasteiger partial charge in [-0.3, -0.25) is 19.8 Å². The number of non-ortho nitro benzene ring substituents is 1. The number of anilines is 1. The Morgan fingerprint density at radius 1 is 1.23 bits per heavy atom. The summed E-state index contributed by atoms with van der Waals surface area (Å²) in [6.45, 7) is 0.207. The number of nitro groups is 1. The van der Waals surface area contributed by atoms with Crippen LogP contribution in [-0.4, -0.2) is 22.9 Å². The molecule has 0 bridgehead atoms. The van der Waals surface area contributed by atoms with Crippen molar-refractivity contribution in [2.75, 3.05) is 12.0 Å². The molecule has 0 spiro atoms. The number of nitrogens with zero attached hydrogens (tertiary/aromatic N) is 3. The lowest BCUT2D eigenvalue weighted by Gasteiger charge is -2.16. The maximum absolute atomic E-state index is 13.1. The summed E-state index contributed by atoms with van der Waals surface area (Å²) < 4.78 is 11.7. The molecule has 0 radical (unpaired) electrons. The molecule has 0 fully saturated rings. The highest BCUT2D eigenvalue weighted by Crippen LogP contribution is 2.34. The fraction of sp³-hybridized carbons (Fsp3) is 0.0909. The minimum atomic E-state index is -0.467. The molecule has 0 aliphatic carbocycles. The van der Waals surface area contributed by atoms with E-state index in [4.69, 9.17) is 9.15 Å². The number of carbonyl (C=O) groups is 1.